The van der Waals surface area contributed by atoms with Crippen LogP contribution in [0.15, 0.2) is 18.2 Å². The Kier molecular flexibility index (Phi) is 3.50. The van der Waals surface area contributed by atoms with Crippen molar-refractivity contribution in [1.29, 1.82) is 0 Å². The Bertz CT molecular complexity index is 594. The van der Waals surface area contributed by atoms with Crippen LogP contribution in [-0.2, 0) is 15.9 Å². The van der Waals surface area contributed by atoms with Crippen LogP contribution >= 0.6 is 0 Å². The first-order valence-electron chi connectivity index (χ1n) is 5.58. The number of nitrogens with zero attached hydrogens (tertiary/aromatic N) is 1. The minimum absolute atomic E-state index is 0.0544. The minimum atomic E-state index is -3.98. The molecule has 0 bridgehead atoms. The van der Waals surface area contributed by atoms with Crippen LogP contribution in [0.5, 0.6) is 5.75 Å². The molecule has 5 nitrogen and oxygen atoms in total. The van der Waals surface area contributed by atoms with E-state index in [0.29, 0.717) is 0 Å². The zero-order chi connectivity index (χ0) is 14.3. The predicted octanol–water partition coefficient (Wildman–Crippen LogP) is 0.908. The van der Waals surface area contributed by atoms with Gasteiger partial charge in [0.25, 0.3) is 10.2 Å². The van der Waals surface area contributed by atoms with Crippen LogP contribution in [0.2, 0.25) is 0 Å². The average Bonchev–Trinajstić information content (AvgIpc) is 2.72. The lowest BCUT2D eigenvalue weighted by atomic mass is 9.93. The summed E-state index contributed by atoms with van der Waals surface area (Å²) < 4.78 is 56.8. The number of benzene rings is 1. The molecule has 0 saturated carbocycles. The Morgan fingerprint density at radius 1 is 1.47 bits per heavy atom. The number of nitrogens with two attached hydrogens (primary N) is 1. The van der Waals surface area contributed by atoms with E-state index < -0.39 is 28.2 Å². The molecule has 0 aliphatic carbocycles. The summed E-state index contributed by atoms with van der Waals surface area (Å²) in [5, 5.41) is 4.96. The van der Waals surface area contributed by atoms with Crippen molar-refractivity contribution in [3.8, 4) is 5.75 Å². The fourth-order valence-electron chi connectivity index (χ4n) is 2.27. The van der Waals surface area contributed by atoms with Gasteiger partial charge in [-0.1, -0.05) is 6.07 Å². The van der Waals surface area contributed by atoms with Gasteiger partial charge in [0.05, 0.1) is 19.2 Å². The number of methoxy groups -OCH3 is 1. The molecule has 1 fully saturated rings. The van der Waals surface area contributed by atoms with E-state index in [1.165, 1.54) is 19.2 Å². The molecule has 2 rings (SSSR count). The van der Waals surface area contributed by atoms with E-state index >= 15 is 0 Å². The van der Waals surface area contributed by atoms with Crippen LogP contribution in [0.1, 0.15) is 12.0 Å². The van der Waals surface area contributed by atoms with Gasteiger partial charge < -0.3 is 4.74 Å². The van der Waals surface area contributed by atoms with Crippen LogP contribution in [-0.4, -0.2) is 32.9 Å². The molecule has 1 aliphatic rings. The predicted molar refractivity (Wildman–Crippen MR) is 65.0 cm³/mol. The van der Waals surface area contributed by atoms with Crippen molar-refractivity contribution in [2.75, 3.05) is 20.2 Å². The molecule has 1 heterocycles. The largest absolute Gasteiger partial charge is 0.496 e. The van der Waals surface area contributed by atoms with E-state index in [4.69, 9.17) is 9.88 Å². The van der Waals surface area contributed by atoms with Gasteiger partial charge in [-0.2, -0.15) is 12.7 Å². The third-order valence-electron chi connectivity index (χ3n) is 3.19. The van der Waals surface area contributed by atoms with Gasteiger partial charge in [0.15, 0.2) is 5.67 Å². The van der Waals surface area contributed by atoms with Gasteiger partial charge in [0, 0.05) is 13.0 Å². The molecule has 0 spiro atoms. The molecule has 2 N–H and O–H groups in total. The topological polar surface area (TPSA) is 72.6 Å². The van der Waals surface area contributed by atoms with Crippen molar-refractivity contribution in [3.05, 3.63) is 29.6 Å². The van der Waals surface area contributed by atoms with Crippen molar-refractivity contribution in [1.82, 2.24) is 4.31 Å². The van der Waals surface area contributed by atoms with E-state index in [2.05, 4.69) is 0 Å². The number of rotatable bonds is 3. The highest BCUT2D eigenvalue weighted by molar-refractivity contribution is 7.86. The average molecular weight is 292 g/mol. The summed E-state index contributed by atoms with van der Waals surface area (Å²) in [4.78, 5) is 0. The third-order valence-corrected chi connectivity index (χ3v) is 4.22. The first kappa shape index (κ1) is 14.2. The van der Waals surface area contributed by atoms with Crippen LogP contribution in [0.3, 0.4) is 0 Å². The molecule has 1 atom stereocenters. The molecular formula is C11H14F2N2O3S. The summed E-state index contributed by atoms with van der Waals surface area (Å²) in [5.74, 6) is -0.711. The van der Waals surface area contributed by atoms with E-state index in [0.717, 1.165) is 10.4 Å². The molecule has 1 unspecified atom stereocenters. The lowest BCUT2D eigenvalue weighted by molar-refractivity contribution is 0.170. The maximum Gasteiger partial charge on any atom is 0.277 e. The molecule has 1 aliphatic heterocycles. The molecule has 19 heavy (non-hydrogen) atoms. The Balaban J connectivity index is 2.43. The first-order valence-corrected chi connectivity index (χ1v) is 7.08. The molecule has 8 heteroatoms. The van der Waals surface area contributed by atoms with Crippen molar-refractivity contribution >= 4 is 10.2 Å². The van der Waals surface area contributed by atoms with Gasteiger partial charge in [-0.3, -0.25) is 0 Å². The smallest absolute Gasteiger partial charge is 0.277 e. The standard InChI is InChI=1S/C11H14F2N2O3S/c1-18-9-4-2-3-8(12)10(9)11(13)5-6-15(7-11)19(14,16)17/h2-4H,5-7H2,1H3,(H2,14,16,17). The summed E-state index contributed by atoms with van der Waals surface area (Å²) in [6, 6.07) is 3.94. The van der Waals surface area contributed by atoms with Crippen molar-refractivity contribution in [3.63, 3.8) is 0 Å². The highest BCUT2D eigenvalue weighted by atomic mass is 32.2. The molecule has 106 valence electrons. The third kappa shape index (κ3) is 2.56. The Morgan fingerprint density at radius 2 is 2.16 bits per heavy atom. The minimum Gasteiger partial charge on any atom is -0.496 e. The monoisotopic (exact) mass is 292 g/mol. The molecule has 0 aromatic heterocycles. The quantitative estimate of drug-likeness (QED) is 0.900. The van der Waals surface area contributed by atoms with E-state index in [1.807, 2.05) is 0 Å². The van der Waals surface area contributed by atoms with Gasteiger partial charge in [-0.25, -0.2) is 13.9 Å². The zero-order valence-electron chi connectivity index (χ0n) is 10.3. The fourth-order valence-corrected chi connectivity index (χ4v) is 3.00. The summed E-state index contributed by atoms with van der Waals surface area (Å²) in [6.45, 7) is -0.601. The first-order chi connectivity index (χ1) is 8.78. The summed E-state index contributed by atoms with van der Waals surface area (Å²) in [6.07, 6.45) is -0.166. The summed E-state index contributed by atoms with van der Waals surface area (Å²) in [7, 11) is -2.68. The molecule has 1 aromatic carbocycles. The van der Waals surface area contributed by atoms with E-state index in [9.17, 15) is 17.2 Å². The summed E-state index contributed by atoms with van der Waals surface area (Å²) >= 11 is 0. The molecule has 0 radical (unpaired) electrons. The van der Waals surface area contributed by atoms with Gasteiger partial charge in [0.2, 0.25) is 0 Å². The van der Waals surface area contributed by atoms with Crippen molar-refractivity contribution in [2.24, 2.45) is 5.14 Å². The molecule has 1 aromatic rings. The second kappa shape index (κ2) is 4.69. The summed E-state index contributed by atoms with van der Waals surface area (Å²) in [5.41, 5.74) is -2.40. The Hall–Kier alpha value is -1.25. The Morgan fingerprint density at radius 3 is 2.68 bits per heavy atom. The van der Waals surface area contributed by atoms with Crippen LogP contribution < -0.4 is 9.88 Å². The van der Waals surface area contributed by atoms with E-state index in [-0.39, 0.29) is 24.3 Å². The number of hydrogen-bond donors (Lipinski definition) is 1. The maximum atomic E-state index is 14.9. The van der Waals surface area contributed by atoms with Crippen molar-refractivity contribution in [2.45, 2.75) is 12.1 Å². The maximum absolute atomic E-state index is 14.9. The normalized spacial score (nSPS) is 24.6. The van der Waals surface area contributed by atoms with Gasteiger partial charge in [-0.05, 0) is 12.1 Å². The number of hydrogen-bond acceptors (Lipinski definition) is 3. The van der Waals surface area contributed by atoms with Crippen LogP contribution in [0.4, 0.5) is 8.78 Å². The van der Waals surface area contributed by atoms with Gasteiger partial charge >= 0.3 is 0 Å². The number of halogens is 2. The highest BCUT2D eigenvalue weighted by Crippen LogP contribution is 2.42. The fraction of sp³-hybridized carbons (Fsp3) is 0.455. The highest BCUT2D eigenvalue weighted by Gasteiger charge is 2.46. The molecule has 1 saturated heterocycles. The number of alkyl halides is 1. The van der Waals surface area contributed by atoms with Gasteiger partial charge in [-0.15, -0.1) is 0 Å². The van der Waals surface area contributed by atoms with Crippen LogP contribution in [0.25, 0.3) is 0 Å². The van der Waals surface area contributed by atoms with Gasteiger partial charge in [0.1, 0.15) is 11.6 Å². The molecular weight excluding hydrogens is 278 g/mol. The lowest BCUT2D eigenvalue weighted by Gasteiger charge is -2.23. The second-order valence-electron chi connectivity index (χ2n) is 4.41. The Labute approximate surface area is 110 Å². The van der Waals surface area contributed by atoms with Crippen molar-refractivity contribution < 1.29 is 21.9 Å². The zero-order valence-corrected chi connectivity index (χ0v) is 11.1. The van der Waals surface area contributed by atoms with Crippen LogP contribution in [0, 0.1) is 5.82 Å². The second-order valence-corrected chi connectivity index (χ2v) is 5.96. The van der Waals surface area contributed by atoms with E-state index in [1.54, 1.807) is 0 Å². The molecule has 0 amide bonds. The SMILES string of the molecule is COc1cccc(F)c1C1(F)CCN(S(N)(=O)=O)C1. The lowest BCUT2D eigenvalue weighted by Crippen LogP contribution is -2.37. The number of ether oxygens (including phenoxy) is 1.